The first-order valence-corrected chi connectivity index (χ1v) is 10.6. The Balaban J connectivity index is 1.35. The molecule has 0 fully saturated rings. The van der Waals surface area contributed by atoms with Gasteiger partial charge in [-0.15, -0.1) is 18.3 Å². The molecule has 0 aliphatic heterocycles. The minimum Gasteiger partial charge on any atom is -0.406 e. The van der Waals surface area contributed by atoms with Gasteiger partial charge in [0.25, 0.3) is 0 Å². The van der Waals surface area contributed by atoms with Crippen LogP contribution in [-0.4, -0.2) is 32.5 Å². The van der Waals surface area contributed by atoms with Crippen LogP contribution in [0.1, 0.15) is 5.56 Å². The van der Waals surface area contributed by atoms with Crippen molar-refractivity contribution in [1.29, 1.82) is 0 Å². The number of ether oxygens (including phenoxy) is 1. The summed E-state index contributed by atoms with van der Waals surface area (Å²) >= 11 is 4.92. The second kappa shape index (κ2) is 10.7. The van der Waals surface area contributed by atoms with Crippen LogP contribution in [0, 0.1) is 17.5 Å². The highest BCUT2D eigenvalue weighted by atomic mass is 32.1. The maximum absolute atomic E-state index is 13.7. The third-order valence-corrected chi connectivity index (χ3v) is 4.81. The quantitative estimate of drug-likeness (QED) is 0.145. The Morgan fingerprint density at radius 3 is 2.24 bits per heavy atom. The first-order valence-electron chi connectivity index (χ1n) is 10.2. The van der Waals surface area contributed by atoms with Crippen LogP contribution in [0.25, 0.3) is 17.1 Å². The molecular weight excluding hydrogens is 522 g/mol. The van der Waals surface area contributed by atoms with Crippen molar-refractivity contribution in [3.8, 4) is 22.8 Å². The standard InChI is InChI=1S/C23H14F6N6OS/c24-15-9-18(25)20(19(26)10-15)32-22(37)33-31-11-13-1-3-14(4-2-13)21-30-12-35(34-21)16-5-7-17(8-6-16)36-23(27,28)29/h1-12H,(H2,32,33,37)/b31-11+. The zero-order valence-electron chi connectivity index (χ0n) is 18.3. The van der Waals surface area contributed by atoms with Crippen LogP contribution in [-0.2, 0) is 0 Å². The average Bonchev–Trinajstić information content (AvgIpc) is 3.32. The number of hydrogen-bond acceptors (Lipinski definition) is 5. The Morgan fingerprint density at radius 1 is 0.973 bits per heavy atom. The van der Waals surface area contributed by atoms with Crippen LogP contribution in [0.5, 0.6) is 5.75 Å². The second-order valence-corrected chi connectivity index (χ2v) is 7.65. The minimum absolute atomic E-state index is 0.218. The van der Waals surface area contributed by atoms with Gasteiger partial charge in [0, 0.05) is 17.7 Å². The number of halogens is 6. The molecule has 0 spiro atoms. The zero-order chi connectivity index (χ0) is 26.6. The van der Waals surface area contributed by atoms with Crippen LogP contribution < -0.4 is 15.5 Å². The molecule has 0 saturated carbocycles. The molecule has 0 amide bonds. The first kappa shape index (κ1) is 25.6. The van der Waals surface area contributed by atoms with Crippen LogP contribution in [0.2, 0.25) is 0 Å². The molecule has 7 nitrogen and oxygen atoms in total. The monoisotopic (exact) mass is 536 g/mol. The van der Waals surface area contributed by atoms with Gasteiger partial charge in [-0.25, -0.2) is 22.8 Å². The predicted molar refractivity (Wildman–Crippen MR) is 127 cm³/mol. The number of hydrogen-bond donors (Lipinski definition) is 2. The van der Waals surface area contributed by atoms with E-state index in [0.29, 0.717) is 34.8 Å². The number of nitrogens with one attached hydrogen (secondary N) is 2. The third kappa shape index (κ3) is 6.82. The van der Waals surface area contributed by atoms with Gasteiger partial charge < -0.3 is 10.1 Å². The molecule has 1 heterocycles. The molecule has 0 atom stereocenters. The molecule has 3 aromatic carbocycles. The van der Waals surface area contributed by atoms with Gasteiger partial charge in [0.1, 0.15) is 23.6 Å². The SMILES string of the molecule is Fc1cc(F)c(NC(=S)N/N=C/c2ccc(-c3ncn(-c4ccc(OC(F)(F)F)cc4)n3)cc2)c(F)c1. The molecule has 4 rings (SSSR count). The molecule has 14 heteroatoms. The summed E-state index contributed by atoms with van der Waals surface area (Å²) in [4.78, 5) is 4.20. The van der Waals surface area contributed by atoms with E-state index in [-0.39, 0.29) is 10.9 Å². The van der Waals surface area contributed by atoms with Crippen molar-refractivity contribution in [1.82, 2.24) is 20.2 Å². The fourth-order valence-corrected chi connectivity index (χ4v) is 3.16. The van der Waals surface area contributed by atoms with Crippen molar-refractivity contribution in [2.75, 3.05) is 5.32 Å². The van der Waals surface area contributed by atoms with Gasteiger partial charge in [-0.2, -0.15) is 5.10 Å². The summed E-state index contributed by atoms with van der Waals surface area (Å²) in [7, 11) is 0. The lowest BCUT2D eigenvalue weighted by Crippen LogP contribution is -2.25. The smallest absolute Gasteiger partial charge is 0.406 e. The highest BCUT2D eigenvalue weighted by molar-refractivity contribution is 7.80. The first-order chi connectivity index (χ1) is 17.6. The molecule has 0 aliphatic rings. The average molecular weight is 536 g/mol. The summed E-state index contributed by atoms with van der Waals surface area (Å²) < 4.78 is 82.5. The summed E-state index contributed by atoms with van der Waals surface area (Å²) in [5, 5.41) is 10.2. The molecule has 0 unspecified atom stereocenters. The van der Waals surface area contributed by atoms with Crippen molar-refractivity contribution in [3.63, 3.8) is 0 Å². The second-order valence-electron chi connectivity index (χ2n) is 7.25. The molecule has 0 aliphatic carbocycles. The topological polar surface area (TPSA) is 76.4 Å². The number of hydrazone groups is 1. The Hall–Kier alpha value is -4.46. The molecular formula is C23H14F6N6OS. The minimum atomic E-state index is -4.78. The van der Waals surface area contributed by atoms with Gasteiger partial charge in [0.05, 0.1) is 11.9 Å². The third-order valence-electron chi connectivity index (χ3n) is 4.62. The molecule has 2 N–H and O–H groups in total. The largest absolute Gasteiger partial charge is 0.573 e. The van der Waals surface area contributed by atoms with Gasteiger partial charge >= 0.3 is 6.36 Å². The van der Waals surface area contributed by atoms with E-state index in [0.717, 1.165) is 0 Å². The molecule has 1 aromatic heterocycles. The Bertz CT molecular complexity index is 1410. The van der Waals surface area contributed by atoms with Gasteiger partial charge in [0.15, 0.2) is 22.6 Å². The highest BCUT2D eigenvalue weighted by Gasteiger charge is 2.31. The fourth-order valence-electron chi connectivity index (χ4n) is 3.01. The summed E-state index contributed by atoms with van der Waals surface area (Å²) in [6.07, 6.45) is -1.97. The van der Waals surface area contributed by atoms with Crippen LogP contribution in [0.3, 0.4) is 0 Å². The van der Waals surface area contributed by atoms with Crippen LogP contribution >= 0.6 is 12.2 Å². The highest BCUT2D eigenvalue weighted by Crippen LogP contribution is 2.24. The molecule has 4 aromatic rings. The Morgan fingerprint density at radius 2 is 1.62 bits per heavy atom. The van der Waals surface area contributed by atoms with Crippen molar-refractivity contribution < 1.29 is 31.1 Å². The predicted octanol–water partition coefficient (Wildman–Crippen LogP) is 5.57. The number of rotatable bonds is 6. The molecule has 0 radical (unpaired) electrons. The van der Waals surface area contributed by atoms with E-state index in [1.807, 2.05) is 0 Å². The molecule has 190 valence electrons. The maximum atomic E-state index is 13.7. The fraction of sp³-hybridized carbons (Fsp3) is 0.0435. The Kier molecular flexibility index (Phi) is 7.38. The van der Waals surface area contributed by atoms with E-state index >= 15 is 0 Å². The lowest BCUT2D eigenvalue weighted by atomic mass is 10.1. The van der Waals surface area contributed by atoms with Crippen molar-refractivity contribution in [3.05, 3.63) is 90.0 Å². The lowest BCUT2D eigenvalue weighted by Gasteiger charge is -2.09. The van der Waals surface area contributed by atoms with E-state index in [4.69, 9.17) is 12.2 Å². The maximum Gasteiger partial charge on any atom is 0.573 e. The summed E-state index contributed by atoms with van der Waals surface area (Å²) in [5.41, 5.74) is 3.55. The van der Waals surface area contributed by atoms with Crippen molar-refractivity contribution >= 4 is 29.2 Å². The summed E-state index contributed by atoms with van der Waals surface area (Å²) in [6.45, 7) is 0. The summed E-state index contributed by atoms with van der Waals surface area (Å²) in [5.74, 6) is -3.34. The van der Waals surface area contributed by atoms with E-state index in [1.54, 1.807) is 24.3 Å². The summed E-state index contributed by atoms with van der Waals surface area (Å²) in [6, 6.07) is 13.0. The van der Waals surface area contributed by atoms with Crippen LogP contribution in [0.4, 0.5) is 32.0 Å². The van der Waals surface area contributed by atoms with Gasteiger partial charge in [0.2, 0.25) is 0 Å². The number of alkyl halides is 3. The number of aromatic nitrogens is 3. The molecule has 37 heavy (non-hydrogen) atoms. The number of benzene rings is 3. The lowest BCUT2D eigenvalue weighted by molar-refractivity contribution is -0.274. The molecule has 0 bridgehead atoms. The normalized spacial score (nSPS) is 11.5. The number of anilines is 1. The van der Waals surface area contributed by atoms with Gasteiger partial charge in [-0.3, -0.25) is 5.43 Å². The van der Waals surface area contributed by atoms with E-state index in [2.05, 4.69) is 30.7 Å². The zero-order valence-corrected chi connectivity index (χ0v) is 19.1. The molecule has 0 saturated heterocycles. The number of nitrogens with zero attached hydrogens (tertiary/aromatic N) is 4. The Labute approximate surface area is 210 Å². The number of thiocarbonyl (C=S) groups is 1. The van der Waals surface area contributed by atoms with Gasteiger partial charge in [-0.05, 0) is 42.0 Å². The van der Waals surface area contributed by atoms with E-state index < -0.39 is 29.5 Å². The van der Waals surface area contributed by atoms with Gasteiger partial charge in [-0.1, -0.05) is 24.3 Å². The van der Waals surface area contributed by atoms with Crippen LogP contribution in [0.15, 0.2) is 72.1 Å². The van der Waals surface area contributed by atoms with Crippen molar-refractivity contribution in [2.24, 2.45) is 5.10 Å². The van der Waals surface area contributed by atoms with E-state index in [9.17, 15) is 26.3 Å². The van der Waals surface area contributed by atoms with E-state index in [1.165, 1.54) is 41.5 Å². The van der Waals surface area contributed by atoms with Crippen molar-refractivity contribution in [2.45, 2.75) is 6.36 Å².